The van der Waals surface area contributed by atoms with Crippen LogP contribution in [0, 0.1) is 5.92 Å². The summed E-state index contributed by atoms with van der Waals surface area (Å²) in [5.41, 5.74) is -0.0842. The van der Waals surface area contributed by atoms with Crippen LogP contribution in [0.4, 0.5) is 4.79 Å². The molecule has 1 atom stereocenters. The minimum absolute atomic E-state index is 0.0842. The van der Waals surface area contributed by atoms with Crippen molar-refractivity contribution in [1.82, 2.24) is 20.0 Å². The molecule has 0 aliphatic carbocycles. The lowest BCUT2D eigenvalue weighted by atomic mass is 9.96. The summed E-state index contributed by atoms with van der Waals surface area (Å²) in [5, 5.41) is 3.15. The smallest absolute Gasteiger partial charge is 0.320 e. The van der Waals surface area contributed by atoms with Gasteiger partial charge in [0.15, 0.2) is 0 Å². The van der Waals surface area contributed by atoms with E-state index >= 15 is 0 Å². The topological polar surface area (TPSA) is 65.1 Å². The van der Waals surface area contributed by atoms with Crippen LogP contribution in [0.2, 0.25) is 0 Å². The maximum Gasteiger partial charge on any atom is 0.320 e. The van der Waals surface area contributed by atoms with Crippen molar-refractivity contribution >= 4 is 11.9 Å². The largest absolute Gasteiger partial charge is 0.379 e. The first-order chi connectivity index (χ1) is 12.5. The molecule has 0 saturated carbocycles. The Balaban J connectivity index is 1.48. The summed E-state index contributed by atoms with van der Waals surface area (Å²) in [5.74, 6) is 0.000971. The second-order valence-corrected chi connectivity index (χ2v) is 8.39. The summed E-state index contributed by atoms with van der Waals surface area (Å²) in [7, 11) is 0. The van der Waals surface area contributed by atoms with Gasteiger partial charge in [-0.2, -0.15) is 0 Å². The molecule has 3 heterocycles. The Morgan fingerprint density at radius 2 is 1.65 bits per heavy atom. The summed E-state index contributed by atoms with van der Waals surface area (Å²) in [6.07, 6.45) is 3.97. The Kier molecular flexibility index (Phi) is 6.40. The molecule has 7 heteroatoms. The number of amides is 3. The second-order valence-electron chi connectivity index (χ2n) is 8.39. The van der Waals surface area contributed by atoms with E-state index in [0.29, 0.717) is 13.1 Å². The second kappa shape index (κ2) is 8.57. The molecule has 0 bridgehead atoms. The number of nitrogens with one attached hydrogen (secondary N) is 1. The molecule has 1 N–H and O–H groups in total. The van der Waals surface area contributed by atoms with Crippen LogP contribution in [0.1, 0.15) is 39.5 Å². The maximum atomic E-state index is 12.7. The van der Waals surface area contributed by atoms with E-state index in [1.807, 2.05) is 9.80 Å². The molecule has 0 aromatic rings. The van der Waals surface area contributed by atoms with Gasteiger partial charge in [-0.25, -0.2) is 4.79 Å². The van der Waals surface area contributed by atoms with Gasteiger partial charge in [0.25, 0.3) is 0 Å². The number of nitrogens with zero attached hydrogens (tertiary/aromatic N) is 3. The number of likely N-dealkylation sites (tertiary alicyclic amines) is 2. The van der Waals surface area contributed by atoms with Crippen LogP contribution < -0.4 is 5.32 Å². The van der Waals surface area contributed by atoms with Crippen molar-refractivity contribution in [3.8, 4) is 0 Å². The van der Waals surface area contributed by atoms with Gasteiger partial charge in [-0.3, -0.25) is 9.69 Å². The fourth-order valence-electron chi connectivity index (χ4n) is 4.20. The Bertz CT molecular complexity index is 499. The van der Waals surface area contributed by atoms with Gasteiger partial charge >= 0.3 is 6.03 Å². The van der Waals surface area contributed by atoms with E-state index in [0.717, 1.165) is 71.6 Å². The molecular formula is C19H34N4O3. The summed E-state index contributed by atoms with van der Waals surface area (Å²) < 4.78 is 5.42. The minimum atomic E-state index is -0.0872. The van der Waals surface area contributed by atoms with E-state index in [1.165, 1.54) is 0 Å². The van der Waals surface area contributed by atoms with Crippen molar-refractivity contribution in [2.24, 2.45) is 5.92 Å². The number of carbonyl (C=O) groups excluding carboxylic acids is 2. The number of ether oxygens (including phenoxy) is 1. The molecule has 26 heavy (non-hydrogen) atoms. The summed E-state index contributed by atoms with van der Waals surface area (Å²) in [4.78, 5) is 31.5. The first-order valence-corrected chi connectivity index (χ1v) is 10.1. The van der Waals surface area contributed by atoms with E-state index in [1.54, 1.807) is 0 Å². The minimum Gasteiger partial charge on any atom is -0.379 e. The van der Waals surface area contributed by atoms with E-state index in [9.17, 15) is 9.59 Å². The van der Waals surface area contributed by atoms with Crippen molar-refractivity contribution in [3.63, 3.8) is 0 Å². The van der Waals surface area contributed by atoms with E-state index in [2.05, 4.69) is 24.1 Å². The lowest BCUT2D eigenvalue weighted by molar-refractivity contribution is -0.127. The normalized spacial score (nSPS) is 25.4. The highest BCUT2D eigenvalue weighted by Crippen LogP contribution is 2.21. The molecule has 3 saturated heterocycles. The van der Waals surface area contributed by atoms with Crippen molar-refractivity contribution < 1.29 is 14.3 Å². The van der Waals surface area contributed by atoms with Crippen LogP contribution >= 0.6 is 0 Å². The molecular weight excluding hydrogens is 332 g/mol. The first-order valence-electron chi connectivity index (χ1n) is 10.1. The SMILES string of the molecule is CC(C)(CNC(=O)[C@H]1CCCN(C(=O)N2CCCC2)C1)N1CCOCC1. The zero-order valence-electron chi connectivity index (χ0n) is 16.3. The van der Waals surface area contributed by atoms with Gasteiger partial charge in [0, 0.05) is 51.4 Å². The monoisotopic (exact) mass is 366 g/mol. The van der Waals surface area contributed by atoms with E-state index in [4.69, 9.17) is 4.74 Å². The number of morpholine rings is 1. The summed E-state index contributed by atoms with van der Waals surface area (Å²) in [6.45, 7) is 11.3. The van der Waals surface area contributed by atoms with Gasteiger partial charge < -0.3 is 19.9 Å². The number of rotatable bonds is 4. The first kappa shape index (κ1) is 19.4. The molecule has 148 valence electrons. The highest BCUT2D eigenvalue weighted by molar-refractivity contribution is 5.81. The van der Waals surface area contributed by atoms with E-state index < -0.39 is 0 Å². The summed E-state index contributed by atoms with van der Waals surface area (Å²) >= 11 is 0. The summed E-state index contributed by atoms with van der Waals surface area (Å²) in [6, 6.07) is 0.119. The van der Waals surface area contributed by atoms with Crippen LogP contribution in [0.25, 0.3) is 0 Å². The predicted molar refractivity (Wildman–Crippen MR) is 100.0 cm³/mol. The quantitative estimate of drug-likeness (QED) is 0.810. The van der Waals surface area contributed by atoms with Gasteiger partial charge in [0.05, 0.1) is 19.1 Å². The van der Waals surface area contributed by atoms with Crippen molar-refractivity contribution in [1.29, 1.82) is 0 Å². The fourth-order valence-corrected chi connectivity index (χ4v) is 4.20. The van der Waals surface area contributed by atoms with Crippen molar-refractivity contribution in [2.45, 2.75) is 45.1 Å². The molecule has 3 fully saturated rings. The Morgan fingerprint density at radius 1 is 1.00 bits per heavy atom. The zero-order chi connectivity index (χ0) is 18.6. The highest BCUT2D eigenvalue weighted by Gasteiger charge is 2.33. The van der Waals surface area contributed by atoms with Crippen LogP contribution in [-0.4, -0.2) is 91.2 Å². The molecule has 3 amide bonds. The molecule has 3 aliphatic heterocycles. The Hall–Kier alpha value is -1.34. The average Bonchev–Trinajstić information content (AvgIpc) is 3.21. The van der Waals surface area contributed by atoms with Gasteiger partial charge in [-0.1, -0.05) is 0 Å². The number of urea groups is 1. The van der Waals surface area contributed by atoms with Gasteiger partial charge in [-0.15, -0.1) is 0 Å². The van der Waals surface area contributed by atoms with Gasteiger partial charge in [-0.05, 0) is 39.5 Å². The van der Waals surface area contributed by atoms with Crippen LogP contribution in [-0.2, 0) is 9.53 Å². The lowest BCUT2D eigenvalue weighted by Crippen LogP contribution is -2.56. The number of piperidine rings is 1. The molecule has 3 rings (SSSR count). The molecule has 0 spiro atoms. The van der Waals surface area contributed by atoms with E-state index in [-0.39, 0.29) is 23.4 Å². The Morgan fingerprint density at radius 3 is 2.35 bits per heavy atom. The third kappa shape index (κ3) is 4.68. The standard InChI is InChI=1S/C19H34N4O3/c1-19(2,23-10-12-26-13-11-23)15-20-17(24)16-6-5-9-22(14-16)18(25)21-7-3-4-8-21/h16H,3-15H2,1-2H3,(H,20,24)/t16-/m0/s1. The molecule has 0 radical (unpaired) electrons. The highest BCUT2D eigenvalue weighted by atomic mass is 16.5. The molecule has 0 unspecified atom stereocenters. The maximum absolute atomic E-state index is 12.7. The number of hydrogen-bond acceptors (Lipinski definition) is 4. The lowest BCUT2D eigenvalue weighted by Gasteiger charge is -2.41. The van der Waals surface area contributed by atoms with Crippen molar-refractivity contribution in [2.75, 3.05) is 59.0 Å². The third-order valence-corrected chi connectivity index (χ3v) is 6.00. The molecule has 0 aromatic heterocycles. The predicted octanol–water partition coefficient (Wildman–Crippen LogP) is 1.14. The number of hydrogen-bond donors (Lipinski definition) is 1. The number of carbonyl (C=O) groups is 2. The molecule has 0 aromatic carbocycles. The van der Waals surface area contributed by atoms with Gasteiger partial charge in [0.2, 0.25) is 5.91 Å². The molecule has 7 nitrogen and oxygen atoms in total. The van der Waals surface area contributed by atoms with Crippen molar-refractivity contribution in [3.05, 3.63) is 0 Å². The average molecular weight is 367 g/mol. The van der Waals surface area contributed by atoms with Crippen LogP contribution in [0.5, 0.6) is 0 Å². The van der Waals surface area contributed by atoms with Gasteiger partial charge in [0.1, 0.15) is 0 Å². The fraction of sp³-hybridized carbons (Fsp3) is 0.895. The Labute approximate surface area is 157 Å². The third-order valence-electron chi connectivity index (χ3n) is 6.00. The van der Waals surface area contributed by atoms with Crippen LogP contribution in [0.15, 0.2) is 0 Å². The zero-order valence-corrected chi connectivity index (χ0v) is 16.3. The molecule has 3 aliphatic rings. The van der Waals surface area contributed by atoms with Crippen LogP contribution in [0.3, 0.4) is 0 Å².